The standard InChI is InChI=1S/C20H24ClNO6S/c1-6-11(3)28-17-14(21)8-13(9-15(17)26-5)10-16-18(23)22(20(25)29-16)12(4)19(24)27-7-2/h8-12H,6-7H2,1-5H3/b16-10+/t11-,12+/m1/s1. The lowest BCUT2D eigenvalue weighted by atomic mass is 10.1. The van der Waals surface area contributed by atoms with Crippen LogP contribution in [0.3, 0.4) is 0 Å². The van der Waals surface area contributed by atoms with Gasteiger partial charge in [0.15, 0.2) is 11.5 Å². The van der Waals surface area contributed by atoms with Crippen LogP contribution in [0.1, 0.15) is 39.7 Å². The summed E-state index contributed by atoms with van der Waals surface area (Å²) in [6.07, 6.45) is 2.28. The van der Waals surface area contributed by atoms with Gasteiger partial charge in [0, 0.05) is 0 Å². The number of rotatable bonds is 8. The maximum absolute atomic E-state index is 12.7. The molecule has 2 rings (SSSR count). The van der Waals surface area contributed by atoms with Gasteiger partial charge in [0.25, 0.3) is 11.1 Å². The Bertz CT molecular complexity index is 841. The number of halogens is 1. The SMILES string of the molecule is CCOC(=O)[C@H](C)N1C(=O)S/C(=C/c2cc(Cl)c(O[C@H](C)CC)c(OC)c2)C1=O. The van der Waals surface area contributed by atoms with Gasteiger partial charge in [0.1, 0.15) is 6.04 Å². The summed E-state index contributed by atoms with van der Waals surface area (Å²) in [5.74, 6) is -0.351. The van der Waals surface area contributed by atoms with Crippen molar-refractivity contribution in [2.45, 2.75) is 46.3 Å². The topological polar surface area (TPSA) is 82.1 Å². The second-order valence-corrected chi connectivity index (χ2v) is 7.75. The lowest BCUT2D eigenvalue weighted by Gasteiger charge is -2.19. The summed E-state index contributed by atoms with van der Waals surface area (Å²) in [4.78, 5) is 38.0. The number of carbonyl (C=O) groups excluding carboxylic acids is 3. The zero-order valence-electron chi connectivity index (χ0n) is 17.0. The average molecular weight is 442 g/mol. The molecule has 158 valence electrons. The molecule has 0 spiro atoms. The van der Waals surface area contributed by atoms with Crippen LogP contribution in [0.5, 0.6) is 11.5 Å². The first-order valence-electron chi connectivity index (χ1n) is 9.21. The molecule has 1 aliphatic rings. The van der Waals surface area contributed by atoms with Crippen molar-refractivity contribution < 1.29 is 28.6 Å². The van der Waals surface area contributed by atoms with E-state index in [1.165, 1.54) is 20.1 Å². The van der Waals surface area contributed by atoms with Gasteiger partial charge in [0.05, 0.1) is 29.7 Å². The van der Waals surface area contributed by atoms with E-state index < -0.39 is 23.2 Å². The molecule has 2 atom stereocenters. The van der Waals surface area contributed by atoms with Gasteiger partial charge in [-0.2, -0.15) is 0 Å². The van der Waals surface area contributed by atoms with E-state index in [4.69, 9.17) is 25.8 Å². The third kappa shape index (κ3) is 5.25. The average Bonchev–Trinajstić information content (AvgIpc) is 2.96. The Hall–Kier alpha value is -2.19. The van der Waals surface area contributed by atoms with E-state index in [0.717, 1.165) is 23.1 Å². The molecule has 1 saturated heterocycles. The third-order valence-corrected chi connectivity index (χ3v) is 5.45. The van der Waals surface area contributed by atoms with Crippen LogP contribution in [0.25, 0.3) is 6.08 Å². The molecule has 1 aromatic rings. The van der Waals surface area contributed by atoms with Crippen molar-refractivity contribution in [3.63, 3.8) is 0 Å². The summed E-state index contributed by atoms with van der Waals surface area (Å²) in [7, 11) is 1.49. The molecule has 0 saturated carbocycles. The quantitative estimate of drug-likeness (QED) is 0.433. The zero-order chi connectivity index (χ0) is 21.7. The highest BCUT2D eigenvalue weighted by molar-refractivity contribution is 8.18. The van der Waals surface area contributed by atoms with Crippen molar-refractivity contribution >= 4 is 46.6 Å². The van der Waals surface area contributed by atoms with Crippen LogP contribution in [-0.2, 0) is 14.3 Å². The van der Waals surface area contributed by atoms with Gasteiger partial charge in [0.2, 0.25) is 0 Å². The van der Waals surface area contributed by atoms with Crippen LogP contribution in [0.15, 0.2) is 17.0 Å². The second-order valence-electron chi connectivity index (χ2n) is 6.35. The molecule has 1 heterocycles. The molecule has 0 aliphatic carbocycles. The molecule has 0 N–H and O–H groups in total. The Morgan fingerprint density at radius 3 is 2.55 bits per heavy atom. The fraction of sp³-hybridized carbons (Fsp3) is 0.450. The van der Waals surface area contributed by atoms with Gasteiger partial charge < -0.3 is 14.2 Å². The Balaban J connectivity index is 2.32. The summed E-state index contributed by atoms with van der Waals surface area (Å²) in [5, 5.41) is -0.202. The zero-order valence-corrected chi connectivity index (χ0v) is 18.6. The molecule has 0 aromatic heterocycles. The largest absolute Gasteiger partial charge is 0.493 e. The minimum Gasteiger partial charge on any atom is -0.493 e. The maximum Gasteiger partial charge on any atom is 0.329 e. The van der Waals surface area contributed by atoms with Gasteiger partial charge in [-0.3, -0.25) is 14.5 Å². The van der Waals surface area contributed by atoms with E-state index in [2.05, 4.69) is 0 Å². The van der Waals surface area contributed by atoms with Crippen molar-refractivity contribution in [2.75, 3.05) is 13.7 Å². The fourth-order valence-electron chi connectivity index (χ4n) is 2.56. The summed E-state index contributed by atoms with van der Waals surface area (Å²) in [6, 6.07) is 2.30. The Kier molecular flexibility index (Phi) is 7.98. The van der Waals surface area contributed by atoms with Crippen molar-refractivity contribution in [2.24, 2.45) is 0 Å². The van der Waals surface area contributed by atoms with E-state index in [1.54, 1.807) is 19.1 Å². The monoisotopic (exact) mass is 441 g/mol. The first kappa shape index (κ1) is 23.1. The van der Waals surface area contributed by atoms with Gasteiger partial charge in [-0.15, -0.1) is 0 Å². The fourth-order valence-corrected chi connectivity index (χ4v) is 3.73. The number of imide groups is 1. The number of thioether (sulfide) groups is 1. The van der Waals surface area contributed by atoms with Gasteiger partial charge >= 0.3 is 5.97 Å². The van der Waals surface area contributed by atoms with E-state index in [0.29, 0.717) is 22.1 Å². The van der Waals surface area contributed by atoms with Crippen molar-refractivity contribution in [1.29, 1.82) is 0 Å². The van der Waals surface area contributed by atoms with Gasteiger partial charge in [-0.05, 0) is 62.7 Å². The molecule has 1 fully saturated rings. The van der Waals surface area contributed by atoms with E-state index in [-0.39, 0.29) is 17.6 Å². The minimum atomic E-state index is -1.00. The molecule has 1 aromatic carbocycles. The number of hydrogen-bond donors (Lipinski definition) is 0. The smallest absolute Gasteiger partial charge is 0.329 e. The van der Waals surface area contributed by atoms with E-state index >= 15 is 0 Å². The van der Waals surface area contributed by atoms with Crippen molar-refractivity contribution in [1.82, 2.24) is 4.90 Å². The van der Waals surface area contributed by atoms with Crippen LogP contribution in [0.4, 0.5) is 4.79 Å². The van der Waals surface area contributed by atoms with Gasteiger partial charge in [-0.25, -0.2) is 4.79 Å². The Morgan fingerprint density at radius 1 is 1.28 bits per heavy atom. The molecule has 0 unspecified atom stereocenters. The third-order valence-electron chi connectivity index (χ3n) is 4.28. The number of benzene rings is 1. The first-order chi connectivity index (χ1) is 13.7. The number of esters is 1. The Labute approximate surface area is 179 Å². The predicted molar refractivity (Wildman–Crippen MR) is 112 cm³/mol. The molecular formula is C20H24ClNO6S. The van der Waals surface area contributed by atoms with Crippen molar-refractivity contribution in [3.8, 4) is 11.5 Å². The van der Waals surface area contributed by atoms with Crippen LogP contribution < -0.4 is 9.47 Å². The normalized spacial score (nSPS) is 17.4. The second kappa shape index (κ2) is 10.0. The molecule has 9 heteroatoms. The highest BCUT2D eigenvalue weighted by Gasteiger charge is 2.41. The van der Waals surface area contributed by atoms with Crippen LogP contribution in [0.2, 0.25) is 5.02 Å². The lowest BCUT2D eigenvalue weighted by Crippen LogP contribution is -2.42. The number of ether oxygens (including phenoxy) is 3. The number of amides is 2. The molecule has 0 radical (unpaired) electrons. The molecular weight excluding hydrogens is 418 g/mol. The number of hydrogen-bond acceptors (Lipinski definition) is 7. The molecule has 7 nitrogen and oxygen atoms in total. The van der Waals surface area contributed by atoms with Gasteiger partial charge in [-0.1, -0.05) is 18.5 Å². The van der Waals surface area contributed by atoms with Crippen LogP contribution in [-0.4, -0.2) is 47.9 Å². The molecule has 0 bridgehead atoms. The number of methoxy groups -OCH3 is 1. The number of nitrogens with zero attached hydrogens (tertiary/aromatic N) is 1. The first-order valence-corrected chi connectivity index (χ1v) is 10.4. The molecule has 2 amide bonds. The predicted octanol–water partition coefficient (Wildman–Crippen LogP) is 4.51. The highest BCUT2D eigenvalue weighted by Crippen LogP contribution is 2.40. The Morgan fingerprint density at radius 2 is 1.97 bits per heavy atom. The molecule has 29 heavy (non-hydrogen) atoms. The summed E-state index contributed by atoms with van der Waals surface area (Å²) in [6.45, 7) is 7.19. The summed E-state index contributed by atoms with van der Waals surface area (Å²) >= 11 is 7.11. The van der Waals surface area contributed by atoms with Crippen molar-refractivity contribution in [3.05, 3.63) is 27.6 Å². The maximum atomic E-state index is 12.7. The summed E-state index contributed by atoms with van der Waals surface area (Å²) in [5.41, 5.74) is 0.567. The van der Waals surface area contributed by atoms with Crippen LogP contribution in [0, 0.1) is 0 Å². The van der Waals surface area contributed by atoms with E-state index in [1.807, 2.05) is 13.8 Å². The lowest BCUT2D eigenvalue weighted by molar-refractivity contribution is -0.150. The minimum absolute atomic E-state index is 0.0480. The van der Waals surface area contributed by atoms with E-state index in [9.17, 15) is 14.4 Å². The summed E-state index contributed by atoms with van der Waals surface area (Å²) < 4.78 is 16.1. The highest BCUT2D eigenvalue weighted by atomic mass is 35.5. The molecule has 1 aliphatic heterocycles. The number of carbonyl (C=O) groups is 3. The van der Waals surface area contributed by atoms with Crippen LogP contribution >= 0.6 is 23.4 Å².